The van der Waals surface area contributed by atoms with Crippen molar-refractivity contribution >= 4 is 5.91 Å². The maximum atomic E-state index is 11.2. The van der Waals surface area contributed by atoms with Crippen LogP contribution in [0, 0.1) is 5.92 Å². The van der Waals surface area contributed by atoms with Crippen molar-refractivity contribution in [2.75, 3.05) is 13.1 Å². The molecule has 2 fully saturated rings. The van der Waals surface area contributed by atoms with Crippen LogP contribution in [0.25, 0.3) is 0 Å². The number of piperidine rings is 1. The summed E-state index contributed by atoms with van der Waals surface area (Å²) in [5.41, 5.74) is 5.36. The molecule has 3 N–H and O–H groups in total. The molecule has 3 atom stereocenters. The van der Waals surface area contributed by atoms with E-state index in [1.54, 1.807) is 0 Å². The van der Waals surface area contributed by atoms with Gasteiger partial charge in [0.05, 0.1) is 0 Å². The number of primary amides is 1. The van der Waals surface area contributed by atoms with E-state index in [0.717, 1.165) is 13.1 Å². The van der Waals surface area contributed by atoms with Crippen LogP contribution >= 0.6 is 0 Å². The highest BCUT2D eigenvalue weighted by Crippen LogP contribution is 2.29. The van der Waals surface area contributed by atoms with E-state index in [9.17, 15) is 4.79 Å². The first-order chi connectivity index (χ1) is 8.10. The molecule has 0 aromatic rings. The first kappa shape index (κ1) is 12.8. The van der Waals surface area contributed by atoms with Crippen molar-refractivity contribution in [1.29, 1.82) is 0 Å². The van der Waals surface area contributed by atoms with Gasteiger partial charge in [-0.3, -0.25) is 9.69 Å². The van der Waals surface area contributed by atoms with Crippen LogP contribution < -0.4 is 11.1 Å². The Morgan fingerprint density at radius 1 is 1.41 bits per heavy atom. The second-order valence-electron chi connectivity index (χ2n) is 5.65. The lowest BCUT2D eigenvalue weighted by molar-refractivity contribution is -0.122. The Morgan fingerprint density at radius 2 is 2.00 bits per heavy atom. The van der Waals surface area contributed by atoms with E-state index in [4.69, 9.17) is 5.73 Å². The SMILES string of the molecule is CCN(CC(C)C(N)=O)C1CC2CCC(C1)N2. The number of hydrogen-bond donors (Lipinski definition) is 2. The fourth-order valence-corrected chi connectivity index (χ4v) is 3.30. The Balaban J connectivity index is 1.91. The van der Waals surface area contributed by atoms with Gasteiger partial charge in [0.2, 0.25) is 5.91 Å². The van der Waals surface area contributed by atoms with E-state index in [1.807, 2.05) is 6.92 Å². The minimum Gasteiger partial charge on any atom is -0.369 e. The van der Waals surface area contributed by atoms with Gasteiger partial charge in [0.15, 0.2) is 0 Å². The number of fused-ring (bicyclic) bond motifs is 2. The molecule has 4 heteroatoms. The second kappa shape index (κ2) is 5.36. The predicted molar refractivity (Wildman–Crippen MR) is 68.6 cm³/mol. The minimum absolute atomic E-state index is 0.0394. The molecule has 2 heterocycles. The number of amides is 1. The van der Waals surface area contributed by atoms with Gasteiger partial charge in [-0.1, -0.05) is 13.8 Å². The topological polar surface area (TPSA) is 58.4 Å². The van der Waals surface area contributed by atoms with Crippen LogP contribution in [0.15, 0.2) is 0 Å². The summed E-state index contributed by atoms with van der Waals surface area (Å²) in [5.74, 6) is -0.220. The zero-order valence-electron chi connectivity index (χ0n) is 11.0. The summed E-state index contributed by atoms with van der Waals surface area (Å²) in [6, 6.07) is 2.05. The molecule has 0 radical (unpaired) electrons. The van der Waals surface area contributed by atoms with Crippen LogP contribution in [-0.4, -0.2) is 42.0 Å². The highest BCUT2D eigenvalue weighted by Gasteiger charge is 2.36. The highest BCUT2D eigenvalue weighted by atomic mass is 16.1. The van der Waals surface area contributed by atoms with Crippen LogP contribution in [0.2, 0.25) is 0 Å². The molecule has 0 spiro atoms. The number of carbonyl (C=O) groups is 1. The lowest BCUT2D eigenvalue weighted by atomic mass is 9.97. The molecule has 2 bridgehead atoms. The number of nitrogens with one attached hydrogen (secondary N) is 1. The van der Waals surface area contributed by atoms with Gasteiger partial charge in [-0.15, -0.1) is 0 Å². The second-order valence-corrected chi connectivity index (χ2v) is 5.65. The number of rotatable bonds is 5. The molecule has 0 aliphatic carbocycles. The molecule has 2 aliphatic rings. The average Bonchev–Trinajstić information content (AvgIpc) is 2.64. The van der Waals surface area contributed by atoms with Crippen molar-refractivity contribution in [3.63, 3.8) is 0 Å². The van der Waals surface area contributed by atoms with Crippen LogP contribution in [0.5, 0.6) is 0 Å². The van der Waals surface area contributed by atoms with Gasteiger partial charge in [-0.2, -0.15) is 0 Å². The maximum absolute atomic E-state index is 11.2. The van der Waals surface area contributed by atoms with Gasteiger partial charge in [0.1, 0.15) is 0 Å². The minimum atomic E-state index is -0.180. The standard InChI is InChI=1S/C13H25N3O/c1-3-16(8-9(2)13(14)17)12-6-10-4-5-11(7-12)15-10/h9-12,15H,3-8H2,1-2H3,(H2,14,17). The van der Waals surface area contributed by atoms with Crippen molar-refractivity contribution in [3.8, 4) is 0 Å². The summed E-state index contributed by atoms with van der Waals surface area (Å²) in [5, 5.41) is 3.66. The van der Waals surface area contributed by atoms with Crippen molar-refractivity contribution in [1.82, 2.24) is 10.2 Å². The van der Waals surface area contributed by atoms with E-state index >= 15 is 0 Å². The summed E-state index contributed by atoms with van der Waals surface area (Å²) in [6.45, 7) is 5.94. The van der Waals surface area contributed by atoms with Crippen LogP contribution in [-0.2, 0) is 4.79 Å². The molecular weight excluding hydrogens is 214 g/mol. The molecular formula is C13H25N3O. The smallest absolute Gasteiger partial charge is 0.221 e. The fourth-order valence-electron chi connectivity index (χ4n) is 3.30. The quantitative estimate of drug-likeness (QED) is 0.743. The van der Waals surface area contributed by atoms with Crippen molar-refractivity contribution in [2.45, 2.75) is 57.7 Å². The molecule has 4 nitrogen and oxygen atoms in total. The molecule has 1 amide bonds. The van der Waals surface area contributed by atoms with Crippen molar-refractivity contribution in [2.24, 2.45) is 11.7 Å². The van der Waals surface area contributed by atoms with Gasteiger partial charge in [-0.25, -0.2) is 0 Å². The third-order valence-electron chi connectivity index (χ3n) is 4.36. The zero-order chi connectivity index (χ0) is 12.4. The Bertz CT molecular complexity index is 270. The molecule has 0 saturated carbocycles. The Kier molecular flexibility index (Phi) is 4.05. The Morgan fingerprint density at radius 3 is 2.47 bits per heavy atom. The van der Waals surface area contributed by atoms with E-state index in [1.165, 1.54) is 25.7 Å². The Labute approximate surface area is 104 Å². The molecule has 2 aliphatic heterocycles. The third kappa shape index (κ3) is 2.99. The number of hydrogen-bond acceptors (Lipinski definition) is 3. The number of nitrogens with two attached hydrogens (primary N) is 1. The van der Waals surface area contributed by atoms with Gasteiger partial charge >= 0.3 is 0 Å². The lowest BCUT2D eigenvalue weighted by Gasteiger charge is -2.38. The highest BCUT2D eigenvalue weighted by molar-refractivity contribution is 5.76. The van der Waals surface area contributed by atoms with Gasteiger partial charge < -0.3 is 11.1 Å². The van der Waals surface area contributed by atoms with Crippen molar-refractivity contribution in [3.05, 3.63) is 0 Å². The van der Waals surface area contributed by atoms with E-state index in [-0.39, 0.29) is 11.8 Å². The lowest BCUT2D eigenvalue weighted by Crippen LogP contribution is -2.50. The summed E-state index contributed by atoms with van der Waals surface area (Å²) in [7, 11) is 0. The van der Waals surface area contributed by atoms with Crippen LogP contribution in [0.3, 0.4) is 0 Å². The molecule has 2 rings (SSSR count). The fraction of sp³-hybridized carbons (Fsp3) is 0.923. The summed E-state index contributed by atoms with van der Waals surface area (Å²) in [6.07, 6.45) is 5.11. The van der Waals surface area contributed by atoms with E-state index in [0.29, 0.717) is 18.1 Å². The van der Waals surface area contributed by atoms with E-state index in [2.05, 4.69) is 17.1 Å². The molecule has 2 saturated heterocycles. The average molecular weight is 239 g/mol. The molecule has 3 unspecified atom stereocenters. The number of carbonyl (C=O) groups excluding carboxylic acids is 1. The first-order valence-electron chi connectivity index (χ1n) is 6.89. The molecule has 17 heavy (non-hydrogen) atoms. The summed E-state index contributed by atoms with van der Waals surface area (Å²) < 4.78 is 0. The molecule has 98 valence electrons. The maximum Gasteiger partial charge on any atom is 0.221 e. The normalized spacial score (nSPS) is 33.9. The van der Waals surface area contributed by atoms with Crippen molar-refractivity contribution < 1.29 is 4.79 Å². The van der Waals surface area contributed by atoms with Crippen LogP contribution in [0.1, 0.15) is 39.5 Å². The largest absolute Gasteiger partial charge is 0.369 e. The van der Waals surface area contributed by atoms with Crippen LogP contribution in [0.4, 0.5) is 0 Å². The number of nitrogens with zero attached hydrogens (tertiary/aromatic N) is 1. The van der Waals surface area contributed by atoms with Gasteiger partial charge in [-0.05, 0) is 32.2 Å². The van der Waals surface area contributed by atoms with Gasteiger partial charge in [0.25, 0.3) is 0 Å². The predicted octanol–water partition coefficient (Wildman–Crippen LogP) is 0.713. The van der Waals surface area contributed by atoms with Gasteiger partial charge in [0, 0.05) is 30.6 Å². The third-order valence-corrected chi connectivity index (χ3v) is 4.36. The Hall–Kier alpha value is -0.610. The molecule has 0 aromatic carbocycles. The summed E-state index contributed by atoms with van der Waals surface area (Å²) in [4.78, 5) is 13.6. The summed E-state index contributed by atoms with van der Waals surface area (Å²) >= 11 is 0. The monoisotopic (exact) mass is 239 g/mol. The molecule has 0 aromatic heterocycles. The zero-order valence-corrected chi connectivity index (χ0v) is 11.0. The first-order valence-corrected chi connectivity index (χ1v) is 6.89. The van der Waals surface area contributed by atoms with E-state index < -0.39 is 0 Å².